The fourth-order valence-electron chi connectivity index (χ4n) is 3.00. The molecule has 2 aromatic rings. The number of carbonyl (C=O) groups is 1. The van der Waals surface area contributed by atoms with Crippen LogP contribution in [0, 0.1) is 11.8 Å². The van der Waals surface area contributed by atoms with E-state index in [1.165, 1.54) is 22.2 Å². The van der Waals surface area contributed by atoms with Crippen LogP contribution in [0.15, 0.2) is 11.4 Å². The van der Waals surface area contributed by atoms with Crippen molar-refractivity contribution >= 4 is 39.2 Å². The van der Waals surface area contributed by atoms with Crippen molar-refractivity contribution in [2.45, 2.75) is 57.2 Å². The zero-order valence-corrected chi connectivity index (χ0v) is 16.4. The van der Waals surface area contributed by atoms with E-state index in [2.05, 4.69) is 36.1 Å². The second-order valence-corrected chi connectivity index (χ2v) is 9.52. The van der Waals surface area contributed by atoms with Crippen LogP contribution < -0.4 is 5.32 Å². The van der Waals surface area contributed by atoms with Gasteiger partial charge in [0, 0.05) is 16.8 Å². The third-order valence-electron chi connectivity index (χ3n) is 4.40. The van der Waals surface area contributed by atoms with E-state index in [0.717, 1.165) is 28.6 Å². The molecule has 0 fully saturated rings. The van der Waals surface area contributed by atoms with Crippen LogP contribution in [0.1, 0.15) is 44.6 Å². The van der Waals surface area contributed by atoms with Crippen LogP contribution in [-0.2, 0) is 17.6 Å². The monoisotopic (exact) mass is 363 g/mol. The number of thiophene rings is 1. The molecule has 1 aliphatic carbocycles. The summed E-state index contributed by atoms with van der Waals surface area (Å²) >= 11 is 3.36. The number of aromatic nitrogens is 2. The molecule has 1 amide bonds. The summed E-state index contributed by atoms with van der Waals surface area (Å²) in [6, 6.07) is 0. The van der Waals surface area contributed by atoms with E-state index in [-0.39, 0.29) is 11.2 Å². The van der Waals surface area contributed by atoms with Crippen LogP contribution in [0.25, 0.3) is 10.2 Å². The lowest BCUT2D eigenvalue weighted by atomic mass is 9.89. The van der Waals surface area contributed by atoms with E-state index in [1.54, 1.807) is 29.4 Å². The highest BCUT2D eigenvalue weighted by atomic mass is 32.2. The fraction of sp³-hybridized carbons (Fsp3) is 0.611. The second-order valence-electron chi connectivity index (χ2n) is 7.11. The van der Waals surface area contributed by atoms with Crippen LogP contribution in [-0.4, -0.2) is 27.7 Å². The van der Waals surface area contributed by atoms with E-state index < -0.39 is 0 Å². The molecule has 4 nitrogen and oxygen atoms in total. The Morgan fingerprint density at radius 1 is 1.42 bits per heavy atom. The second kappa shape index (κ2) is 7.40. The molecular formula is C18H25N3OS2. The van der Waals surface area contributed by atoms with E-state index in [1.807, 2.05) is 6.92 Å². The number of hydrogen-bond donors (Lipinski definition) is 1. The fourth-order valence-corrected chi connectivity index (χ4v) is 5.39. The molecule has 2 atom stereocenters. The van der Waals surface area contributed by atoms with Gasteiger partial charge in [-0.1, -0.05) is 32.5 Å². The molecule has 0 aromatic carbocycles. The minimum Gasteiger partial charge on any atom is -0.355 e. The van der Waals surface area contributed by atoms with E-state index in [9.17, 15) is 4.79 Å². The van der Waals surface area contributed by atoms with Crippen molar-refractivity contribution in [2.24, 2.45) is 11.8 Å². The molecule has 2 aromatic heterocycles. The first kappa shape index (κ1) is 17.7. The van der Waals surface area contributed by atoms with Gasteiger partial charge in [0.1, 0.15) is 16.2 Å². The van der Waals surface area contributed by atoms with Crippen molar-refractivity contribution in [2.75, 3.05) is 6.54 Å². The smallest absolute Gasteiger partial charge is 0.233 e. The Balaban J connectivity index is 1.83. The SMILES string of the molecule is CC(C)CNC(=O)[C@@H](C)Sc1ncnc2sc3c(c12)CC[C@H](C)C3. The Hall–Kier alpha value is -1.14. The third kappa shape index (κ3) is 3.75. The molecule has 130 valence electrons. The predicted octanol–water partition coefficient (Wildman–Crippen LogP) is 4.07. The lowest BCUT2D eigenvalue weighted by Crippen LogP contribution is -2.33. The molecule has 0 radical (unpaired) electrons. The maximum Gasteiger partial charge on any atom is 0.233 e. The van der Waals surface area contributed by atoms with Crippen molar-refractivity contribution in [1.82, 2.24) is 15.3 Å². The van der Waals surface area contributed by atoms with Crippen molar-refractivity contribution in [3.63, 3.8) is 0 Å². The van der Waals surface area contributed by atoms with Crippen molar-refractivity contribution < 1.29 is 4.79 Å². The lowest BCUT2D eigenvalue weighted by molar-refractivity contribution is -0.120. The summed E-state index contributed by atoms with van der Waals surface area (Å²) in [5.74, 6) is 1.29. The first-order valence-corrected chi connectivity index (χ1v) is 10.3. The van der Waals surface area contributed by atoms with Crippen LogP contribution in [0.5, 0.6) is 0 Å². The maximum absolute atomic E-state index is 12.3. The van der Waals surface area contributed by atoms with E-state index in [4.69, 9.17) is 0 Å². The molecule has 0 unspecified atom stereocenters. The molecule has 3 rings (SSSR count). The molecule has 0 spiro atoms. The highest BCUT2D eigenvalue weighted by Crippen LogP contribution is 2.41. The Kier molecular flexibility index (Phi) is 5.45. The van der Waals surface area contributed by atoms with Gasteiger partial charge in [0.05, 0.1) is 5.25 Å². The molecule has 0 bridgehead atoms. The number of rotatable bonds is 5. The largest absolute Gasteiger partial charge is 0.355 e. The Bertz CT molecular complexity index is 741. The number of nitrogens with zero attached hydrogens (tertiary/aromatic N) is 2. The summed E-state index contributed by atoms with van der Waals surface area (Å²) in [6.07, 6.45) is 5.10. The Morgan fingerprint density at radius 2 is 2.21 bits per heavy atom. The minimum absolute atomic E-state index is 0.0816. The maximum atomic E-state index is 12.3. The highest BCUT2D eigenvalue weighted by molar-refractivity contribution is 8.00. The standard InChI is InChI=1S/C18H25N3OS2/c1-10(2)8-19-16(22)12(4)23-17-15-13-6-5-11(3)7-14(13)24-18(15)21-9-20-17/h9-12H,5-8H2,1-4H3,(H,19,22)/t11-,12+/m0/s1. The number of carbonyl (C=O) groups excluding carboxylic acids is 1. The van der Waals surface area contributed by atoms with E-state index in [0.29, 0.717) is 12.5 Å². The molecule has 6 heteroatoms. The topological polar surface area (TPSA) is 54.9 Å². The Morgan fingerprint density at radius 3 is 2.96 bits per heavy atom. The van der Waals surface area contributed by atoms with Gasteiger partial charge in [-0.25, -0.2) is 9.97 Å². The third-order valence-corrected chi connectivity index (χ3v) is 6.66. The van der Waals surface area contributed by atoms with Gasteiger partial charge in [0.25, 0.3) is 0 Å². The van der Waals surface area contributed by atoms with Crippen LogP contribution in [0.3, 0.4) is 0 Å². The number of thioether (sulfide) groups is 1. The van der Waals surface area contributed by atoms with Crippen molar-refractivity contribution in [3.8, 4) is 0 Å². The average molecular weight is 364 g/mol. The summed E-state index contributed by atoms with van der Waals surface area (Å²) in [5, 5.41) is 5.01. The first-order chi connectivity index (χ1) is 11.5. The van der Waals surface area contributed by atoms with Gasteiger partial charge in [-0.15, -0.1) is 11.3 Å². The number of nitrogens with one attached hydrogen (secondary N) is 1. The minimum atomic E-state index is -0.153. The van der Waals surface area contributed by atoms with Crippen LogP contribution in [0.4, 0.5) is 0 Å². The van der Waals surface area contributed by atoms with Crippen molar-refractivity contribution in [3.05, 3.63) is 16.8 Å². The molecular weight excluding hydrogens is 338 g/mol. The van der Waals surface area contributed by atoms with Gasteiger partial charge in [0.15, 0.2) is 0 Å². The normalized spacial score (nSPS) is 18.6. The molecule has 0 saturated carbocycles. The van der Waals surface area contributed by atoms with Gasteiger partial charge in [-0.2, -0.15) is 0 Å². The van der Waals surface area contributed by atoms with Gasteiger partial charge < -0.3 is 5.32 Å². The summed E-state index contributed by atoms with van der Waals surface area (Å²) in [6.45, 7) is 9.19. The zero-order valence-electron chi connectivity index (χ0n) is 14.8. The van der Waals surface area contributed by atoms with Gasteiger partial charge in [-0.3, -0.25) is 4.79 Å². The quantitative estimate of drug-likeness (QED) is 0.643. The number of fused-ring (bicyclic) bond motifs is 3. The van der Waals surface area contributed by atoms with Crippen LogP contribution in [0.2, 0.25) is 0 Å². The molecule has 24 heavy (non-hydrogen) atoms. The summed E-state index contributed by atoms with van der Waals surface area (Å²) in [5.41, 5.74) is 1.42. The van der Waals surface area contributed by atoms with Crippen molar-refractivity contribution in [1.29, 1.82) is 0 Å². The molecule has 2 heterocycles. The molecule has 1 N–H and O–H groups in total. The molecule has 0 aliphatic heterocycles. The average Bonchev–Trinajstić information content (AvgIpc) is 2.90. The molecule has 1 aliphatic rings. The van der Waals surface area contributed by atoms with Gasteiger partial charge in [0.2, 0.25) is 5.91 Å². The number of aryl methyl sites for hydroxylation is 1. The first-order valence-electron chi connectivity index (χ1n) is 8.65. The number of amides is 1. The van der Waals surface area contributed by atoms with Gasteiger partial charge >= 0.3 is 0 Å². The van der Waals surface area contributed by atoms with Gasteiger partial charge in [-0.05, 0) is 43.6 Å². The zero-order chi connectivity index (χ0) is 17.3. The number of hydrogen-bond acceptors (Lipinski definition) is 5. The summed E-state index contributed by atoms with van der Waals surface area (Å²) in [7, 11) is 0. The summed E-state index contributed by atoms with van der Waals surface area (Å²) in [4.78, 5) is 23.8. The predicted molar refractivity (Wildman–Crippen MR) is 102 cm³/mol. The van der Waals surface area contributed by atoms with E-state index >= 15 is 0 Å². The lowest BCUT2D eigenvalue weighted by Gasteiger charge is -2.18. The highest BCUT2D eigenvalue weighted by Gasteiger charge is 2.25. The Labute approximate surface area is 151 Å². The van der Waals surface area contributed by atoms with Crippen LogP contribution >= 0.6 is 23.1 Å². The molecule has 0 saturated heterocycles. The summed E-state index contributed by atoms with van der Waals surface area (Å²) < 4.78 is 0.